The quantitative estimate of drug-likeness (QED) is 0.614. The number of rotatable bonds is 9. The second-order valence-electron chi connectivity index (χ2n) is 8.32. The van der Waals surface area contributed by atoms with Gasteiger partial charge in [0.1, 0.15) is 5.37 Å². The fourth-order valence-corrected chi connectivity index (χ4v) is 6.39. The van der Waals surface area contributed by atoms with Crippen LogP contribution < -0.4 is 10.6 Å². The molecule has 1 amide bonds. The second kappa shape index (κ2) is 10.4. The van der Waals surface area contributed by atoms with Gasteiger partial charge in [-0.15, -0.1) is 0 Å². The molecule has 1 saturated heterocycles. The highest BCUT2D eigenvalue weighted by Gasteiger charge is 2.37. The average molecular weight is 448 g/mol. The number of benzene rings is 1. The van der Waals surface area contributed by atoms with E-state index in [0.29, 0.717) is 18.7 Å². The van der Waals surface area contributed by atoms with Crippen LogP contribution in [0.1, 0.15) is 42.8 Å². The lowest BCUT2D eigenvalue weighted by atomic mass is 9.95. The molecular formula is C23H33N3O4S. The minimum absolute atomic E-state index is 0.0376. The maximum atomic E-state index is 12.8. The Morgan fingerprint density at radius 1 is 1.26 bits per heavy atom. The summed E-state index contributed by atoms with van der Waals surface area (Å²) in [7, 11) is -3.23. The van der Waals surface area contributed by atoms with E-state index in [9.17, 15) is 13.2 Å². The van der Waals surface area contributed by atoms with Gasteiger partial charge in [0.2, 0.25) is 0 Å². The summed E-state index contributed by atoms with van der Waals surface area (Å²) < 4.78 is 30.7. The highest BCUT2D eigenvalue weighted by Crippen LogP contribution is 2.27. The van der Waals surface area contributed by atoms with Gasteiger partial charge in [0.15, 0.2) is 15.6 Å². The Morgan fingerprint density at radius 3 is 2.61 bits per heavy atom. The van der Waals surface area contributed by atoms with Crippen molar-refractivity contribution < 1.29 is 17.6 Å². The first-order valence-corrected chi connectivity index (χ1v) is 12.8. The molecule has 1 aliphatic heterocycles. The van der Waals surface area contributed by atoms with Gasteiger partial charge in [-0.1, -0.05) is 19.1 Å². The van der Waals surface area contributed by atoms with Crippen LogP contribution in [0.25, 0.3) is 0 Å². The molecule has 3 rings (SSSR count). The standard InChI is InChI=1S/C23H33N3O4S/c1-4-26(23(31(3,28)29)19-10-12-24-13-11-19)17(2)15-18-7-5-8-20(16-18)25-22(27)21-9-6-14-30-21/h5-9,14,16-17,19,23-24H,4,10-13,15H2,1-3H3,(H,25,27). The van der Waals surface area contributed by atoms with Crippen molar-refractivity contribution in [2.45, 2.75) is 44.5 Å². The molecule has 0 bridgehead atoms. The van der Waals surface area contributed by atoms with E-state index < -0.39 is 15.2 Å². The normalized spacial score (nSPS) is 17.4. The fourth-order valence-electron chi connectivity index (χ4n) is 4.57. The average Bonchev–Trinajstić information content (AvgIpc) is 3.27. The number of nitrogens with one attached hydrogen (secondary N) is 2. The molecule has 31 heavy (non-hydrogen) atoms. The van der Waals surface area contributed by atoms with E-state index in [4.69, 9.17) is 4.42 Å². The molecule has 7 nitrogen and oxygen atoms in total. The molecule has 2 N–H and O–H groups in total. The van der Waals surface area contributed by atoms with Gasteiger partial charge in [-0.25, -0.2) is 8.42 Å². The molecule has 2 aromatic rings. The molecule has 1 fully saturated rings. The Bertz CT molecular complexity index is 953. The highest BCUT2D eigenvalue weighted by atomic mass is 32.2. The molecule has 2 atom stereocenters. The van der Waals surface area contributed by atoms with Gasteiger partial charge in [0.05, 0.1) is 6.26 Å². The van der Waals surface area contributed by atoms with Crippen molar-refractivity contribution in [3.63, 3.8) is 0 Å². The molecule has 170 valence electrons. The van der Waals surface area contributed by atoms with E-state index in [1.54, 1.807) is 12.1 Å². The first kappa shape index (κ1) is 23.5. The van der Waals surface area contributed by atoms with Gasteiger partial charge in [0.25, 0.3) is 5.91 Å². The van der Waals surface area contributed by atoms with E-state index in [1.165, 1.54) is 12.5 Å². The van der Waals surface area contributed by atoms with Gasteiger partial charge in [-0.2, -0.15) is 0 Å². The summed E-state index contributed by atoms with van der Waals surface area (Å²) in [5, 5.41) is 5.70. The highest BCUT2D eigenvalue weighted by molar-refractivity contribution is 7.91. The summed E-state index contributed by atoms with van der Waals surface area (Å²) in [6.07, 6.45) is 5.26. The van der Waals surface area contributed by atoms with Crippen LogP contribution in [0.4, 0.5) is 5.69 Å². The molecule has 1 aliphatic rings. The molecule has 1 aromatic heterocycles. The van der Waals surface area contributed by atoms with Crippen LogP contribution in [0.3, 0.4) is 0 Å². The number of carbonyl (C=O) groups is 1. The minimum Gasteiger partial charge on any atom is -0.459 e. The fraction of sp³-hybridized carbons (Fsp3) is 0.522. The van der Waals surface area contributed by atoms with Crippen LogP contribution in [-0.2, 0) is 16.3 Å². The van der Waals surface area contributed by atoms with Crippen molar-refractivity contribution in [1.29, 1.82) is 0 Å². The summed E-state index contributed by atoms with van der Waals surface area (Å²) in [5.74, 6) is 0.0971. The second-order valence-corrected chi connectivity index (χ2v) is 10.5. The minimum atomic E-state index is -3.23. The molecular weight excluding hydrogens is 414 g/mol. The SMILES string of the molecule is CCN(C(C)Cc1cccc(NC(=O)c2ccco2)c1)C(C1CCNCC1)S(C)(=O)=O. The molecule has 0 spiro atoms. The zero-order chi connectivity index (χ0) is 22.4. The van der Waals surface area contributed by atoms with Gasteiger partial charge >= 0.3 is 0 Å². The van der Waals surface area contributed by atoms with E-state index in [-0.39, 0.29) is 23.6 Å². The van der Waals surface area contributed by atoms with Crippen molar-refractivity contribution in [2.24, 2.45) is 5.92 Å². The van der Waals surface area contributed by atoms with Crippen LogP contribution in [-0.4, -0.2) is 56.5 Å². The number of carbonyl (C=O) groups excluding carboxylic acids is 1. The molecule has 0 radical (unpaired) electrons. The van der Waals surface area contributed by atoms with E-state index >= 15 is 0 Å². The summed E-state index contributed by atoms with van der Waals surface area (Å²) in [6.45, 7) is 6.49. The summed E-state index contributed by atoms with van der Waals surface area (Å²) in [4.78, 5) is 14.4. The Morgan fingerprint density at radius 2 is 2.00 bits per heavy atom. The number of likely N-dealkylation sites (N-methyl/N-ethyl adjacent to an activating group) is 1. The van der Waals surface area contributed by atoms with Gasteiger partial charge < -0.3 is 15.1 Å². The smallest absolute Gasteiger partial charge is 0.291 e. The predicted octanol–water partition coefficient (Wildman–Crippen LogP) is 3.16. The Hall–Kier alpha value is -2.16. The summed E-state index contributed by atoms with van der Waals surface area (Å²) >= 11 is 0. The number of nitrogens with zero attached hydrogens (tertiary/aromatic N) is 1. The van der Waals surface area contributed by atoms with Crippen molar-refractivity contribution in [3.05, 3.63) is 54.0 Å². The molecule has 2 heterocycles. The van der Waals surface area contributed by atoms with Crippen LogP contribution in [0.5, 0.6) is 0 Å². The Balaban J connectivity index is 1.73. The monoisotopic (exact) mass is 447 g/mol. The van der Waals surface area contributed by atoms with Gasteiger partial charge in [-0.3, -0.25) is 9.69 Å². The predicted molar refractivity (Wildman–Crippen MR) is 123 cm³/mol. The summed E-state index contributed by atoms with van der Waals surface area (Å²) in [5.41, 5.74) is 1.73. The Labute approximate surface area is 185 Å². The molecule has 0 aliphatic carbocycles. The topological polar surface area (TPSA) is 91.7 Å². The first-order valence-electron chi connectivity index (χ1n) is 10.9. The van der Waals surface area contributed by atoms with E-state index in [0.717, 1.165) is 31.5 Å². The third-order valence-corrected chi connectivity index (χ3v) is 7.48. The maximum absolute atomic E-state index is 12.8. The zero-order valence-corrected chi connectivity index (χ0v) is 19.3. The van der Waals surface area contributed by atoms with E-state index in [2.05, 4.69) is 22.5 Å². The van der Waals surface area contributed by atoms with Crippen LogP contribution in [0.2, 0.25) is 0 Å². The van der Waals surface area contributed by atoms with Gasteiger partial charge in [-0.05, 0) is 81.6 Å². The van der Waals surface area contributed by atoms with Crippen molar-refractivity contribution in [3.8, 4) is 0 Å². The molecule has 8 heteroatoms. The number of amides is 1. The van der Waals surface area contributed by atoms with Crippen molar-refractivity contribution >= 4 is 21.4 Å². The number of hydrogen-bond donors (Lipinski definition) is 2. The van der Waals surface area contributed by atoms with Crippen LogP contribution in [0, 0.1) is 5.92 Å². The molecule has 2 unspecified atom stereocenters. The molecule has 0 saturated carbocycles. The lowest BCUT2D eigenvalue weighted by Gasteiger charge is -2.40. The summed E-state index contributed by atoms with van der Waals surface area (Å²) in [6, 6.07) is 11.0. The van der Waals surface area contributed by atoms with Crippen LogP contribution >= 0.6 is 0 Å². The number of sulfone groups is 1. The molecule has 1 aromatic carbocycles. The number of piperidine rings is 1. The van der Waals surface area contributed by atoms with E-state index in [1.807, 2.05) is 31.2 Å². The van der Waals surface area contributed by atoms with Gasteiger partial charge in [0, 0.05) is 18.0 Å². The third-order valence-electron chi connectivity index (χ3n) is 5.94. The number of hydrogen-bond acceptors (Lipinski definition) is 6. The zero-order valence-electron chi connectivity index (χ0n) is 18.5. The Kier molecular flexibility index (Phi) is 7.91. The maximum Gasteiger partial charge on any atom is 0.291 e. The third kappa shape index (κ3) is 6.18. The van der Waals surface area contributed by atoms with Crippen molar-refractivity contribution in [2.75, 3.05) is 31.2 Å². The lowest BCUT2D eigenvalue weighted by molar-refractivity contribution is 0.0996. The lowest BCUT2D eigenvalue weighted by Crippen LogP contribution is -2.52. The largest absolute Gasteiger partial charge is 0.459 e. The first-order chi connectivity index (χ1) is 14.8. The number of anilines is 1. The number of furan rings is 1. The van der Waals surface area contributed by atoms with Crippen molar-refractivity contribution in [1.82, 2.24) is 10.2 Å². The van der Waals surface area contributed by atoms with Crippen LogP contribution in [0.15, 0.2) is 47.1 Å².